The third-order valence-corrected chi connectivity index (χ3v) is 2.16. The second-order valence-corrected chi connectivity index (χ2v) is 3.41. The zero-order chi connectivity index (χ0) is 13.8. The van der Waals surface area contributed by atoms with Crippen molar-refractivity contribution in [3.63, 3.8) is 0 Å². The molecule has 19 heavy (non-hydrogen) atoms. The van der Waals surface area contributed by atoms with Gasteiger partial charge in [-0.25, -0.2) is 19.6 Å². The van der Waals surface area contributed by atoms with Crippen molar-refractivity contribution in [1.29, 1.82) is 0 Å². The minimum absolute atomic E-state index is 0.0181. The van der Waals surface area contributed by atoms with Crippen LogP contribution in [-0.4, -0.2) is 17.1 Å². The first-order valence-electron chi connectivity index (χ1n) is 5.13. The number of rotatable bonds is 4. The van der Waals surface area contributed by atoms with E-state index in [0.29, 0.717) is 0 Å². The minimum atomic E-state index is -0.764. The maximum atomic E-state index is 13.0. The van der Waals surface area contributed by atoms with Gasteiger partial charge in [-0.05, 0) is 0 Å². The van der Waals surface area contributed by atoms with Crippen LogP contribution in [0.3, 0.4) is 0 Å². The molecule has 1 aromatic carbocycles. The molecule has 0 spiro atoms. The van der Waals surface area contributed by atoms with Crippen LogP contribution in [0.2, 0.25) is 0 Å². The quantitative estimate of drug-likeness (QED) is 0.650. The van der Waals surface area contributed by atoms with Gasteiger partial charge in [0.2, 0.25) is 5.75 Å². The molecule has 1 aromatic heterocycles. The maximum absolute atomic E-state index is 13.0. The third kappa shape index (κ3) is 2.86. The lowest BCUT2D eigenvalue weighted by Crippen LogP contribution is -2.11. The second kappa shape index (κ2) is 5.44. The molecule has 0 amide bonds. The van der Waals surface area contributed by atoms with Crippen molar-refractivity contribution < 1.29 is 18.3 Å². The van der Waals surface area contributed by atoms with Crippen LogP contribution in [0.15, 0.2) is 24.5 Å². The topological polar surface area (TPSA) is 82.3 Å². The second-order valence-electron chi connectivity index (χ2n) is 3.41. The van der Waals surface area contributed by atoms with Gasteiger partial charge in [0.15, 0.2) is 5.82 Å². The first-order valence-corrected chi connectivity index (χ1v) is 5.13. The van der Waals surface area contributed by atoms with E-state index in [1.165, 1.54) is 13.4 Å². The van der Waals surface area contributed by atoms with Crippen LogP contribution in [0.25, 0.3) is 0 Å². The van der Waals surface area contributed by atoms with Crippen LogP contribution < -0.4 is 20.7 Å². The Labute approximate surface area is 107 Å². The Morgan fingerprint density at radius 3 is 2.42 bits per heavy atom. The van der Waals surface area contributed by atoms with Crippen LogP contribution in [0, 0.1) is 11.6 Å². The number of aromatic nitrogens is 2. The van der Waals surface area contributed by atoms with Gasteiger partial charge in [0.1, 0.15) is 23.7 Å². The maximum Gasteiger partial charge on any atom is 0.268 e. The van der Waals surface area contributed by atoms with Crippen molar-refractivity contribution in [2.75, 3.05) is 12.5 Å². The molecule has 3 N–H and O–H groups in total. The summed E-state index contributed by atoms with van der Waals surface area (Å²) in [5, 5.41) is 0. The summed E-state index contributed by atoms with van der Waals surface area (Å²) >= 11 is 0. The lowest BCUT2D eigenvalue weighted by Gasteiger charge is -2.11. The molecule has 0 saturated carbocycles. The summed E-state index contributed by atoms with van der Waals surface area (Å²) in [5.41, 5.74) is 2.29. The zero-order valence-electron chi connectivity index (χ0n) is 9.85. The van der Waals surface area contributed by atoms with Crippen molar-refractivity contribution in [2.24, 2.45) is 5.84 Å². The van der Waals surface area contributed by atoms with Gasteiger partial charge in [0, 0.05) is 18.2 Å². The highest BCUT2D eigenvalue weighted by molar-refractivity contribution is 5.55. The normalized spacial score (nSPS) is 10.1. The van der Waals surface area contributed by atoms with Crippen LogP contribution in [0.1, 0.15) is 0 Å². The van der Waals surface area contributed by atoms with E-state index >= 15 is 0 Å². The molecule has 0 radical (unpaired) electrons. The van der Waals surface area contributed by atoms with Crippen LogP contribution >= 0.6 is 0 Å². The van der Waals surface area contributed by atoms with E-state index in [1.54, 1.807) is 0 Å². The number of hydrogen-bond donors (Lipinski definition) is 2. The number of hydrazine groups is 1. The average Bonchev–Trinajstić information content (AvgIpc) is 2.37. The molecule has 100 valence electrons. The van der Waals surface area contributed by atoms with Crippen LogP contribution in [0.5, 0.6) is 17.4 Å². The fraction of sp³-hybridized carbons (Fsp3) is 0.0909. The number of nitrogen functional groups attached to an aromatic ring is 1. The molecule has 2 aromatic rings. The number of benzene rings is 1. The fourth-order valence-electron chi connectivity index (χ4n) is 1.42. The van der Waals surface area contributed by atoms with Crippen LogP contribution in [-0.2, 0) is 0 Å². The van der Waals surface area contributed by atoms with Gasteiger partial charge >= 0.3 is 0 Å². The molecule has 0 aliphatic rings. The first-order chi connectivity index (χ1) is 9.13. The Bertz CT molecular complexity index is 575. The van der Waals surface area contributed by atoms with Crippen molar-refractivity contribution in [1.82, 2.24) is 9.97 Å². The fourth-order valence-corrected chi connectivity index (χ4v) is 1.42. The van der Waals surface area contributed by atoms with E-state index in [9.17, 15) is 8.78 Å². The summed E-state index contributed by atoms with van der Waals surface area (Å²) in [5.74, 6) is 3.94. The van der Waals surface area contributed by atoms with Gasteiger partial charge in [-0.15, -0.1) is 0 Å². The van der Waals surface area contributed by atoms with Crippen molar-refractivity contribution in [2.45, 2.75) is 0 Å². The smallest absolute Gasteiger partial charge is 0.268 e. The van der Waals surface area contributed by atoms with E-state index in [0.717, 1.165) is 18.2 Å². The molecular weight excluding hydrogens is 258 g/mol. The number of anilines is 1. The summed E-state index contributed by atoms with van der Waals surface area (Å²) in [6.07, 6.45) is 1.17. The van der Waals surface area contributed by atoms with Gasteiger partial charge in [-0.2, -0.15) is 4.98 Å². The summed E-state index contributed by atoms with van der Waals surface area (Å²) < 4.78 is 36.4. The largest absolute Gasteiger partial charge is 0.489 e. The van der Waals surface area contributed by atoms with Crippen molar-refractivity contribution in [3.8, 4) is 17.4 Å². The zero-order valence-corrected chi connectivity index (χ0v) is 9.85. The Hall–Kier alpha value is -2.48. The predicted octanol–water partition coefficient (Wildman–Crippen LogP) is 1.84. The monoisotopic (exact) mass is 268 g/mol. The highest BCUT2D eigenvalue weighted by Gasteiger charge is 2.14. The summed E-state index contributed by atoms with van der Waals surface area (Å²) in [6, 6.07) is 2.76. The highest BCUT2D eigenvalue weighted by Crippen LogP contribution is 2.33. The lowest BCUT2D eigenvalue weighted by molar-refractivity contribution is 0.367. The standard InChI is InChI=1S/C11H10F2N4O2/c1-18-9-10(17-14)15-5-16-11(9)19-8-3-6(12)2-7(13)4-8/h2-5H,14H2,1H3,(H,15,16,17). The summed E-state index contributed by atoms with van der Waals surface area (Å²) in [7, 11) is 1.36. The van der Waals surface area contributed by atoms with E-state index in [2.05, 4.69) is 15.4 Å². The lowest BCUT2D eigenvalue weighted by atomic mass is 10.3. The van der Waals surface area contributed by atoms with Crippen molar-refractivity contribution in [3.05, 3.63) is 36.2 Å². The van der Waals surface area contributed by atoms with E-state index < -0.39 is 11.6 Å². The number of nitrogens with two attached hydrogens (primary N) is 1. The van der Waals surface area contributed by atoms with Gasteiger partial charge in [-0.3, -0.25) is 0 Å². The number of ether oxygens (including phenoxy) is 2. The van der Waals surface area contributed by atoms with E-state index in [1.807, 2.05) is 0 Å². The number of nitrogens with zero attached hydrogens (tertiary/aromatic N) is 2. The highest BCUT2D eigenvalue weighted by atomic mass is 19.1. The first kappa shape index (κ1) is 13.0. The molecule has 0 saturated heterocycles. The SMILES string of the molecule is COc1c(NN)ncnc1Oc1cc(F)cc(F)c1. The molecule has 0 fully saturated rings. The Kier molecular flexibility index (Phi) is 3.71. The molecule has 0 aliphatic heterocycles. The molecular formula is C11H10F2N4O2. The Balaban J connectivity index is 2.37. The van der Waals surface area contributed by atoms with Crippen LogP contribution in [0.4, 0.5) is 14.6 Å². The third-order valence-electron chi connectivity index (χ3n) is 2.16. The predicted molar refractivity (Wildman–Crippen MR) is 62.8 cm³/mol. The molecule has 6 nitrogen and oxygen atoms in total. The Morgan fingerprint density at radius 2 is 1.84 bits per heavy atom. The van der Waals surface area contributed by atoms with Crippen molar-refractivity contribution >= 4 is 5.82 Å². The van der Waals surface area contributed by atoms with E-state index in [-0.39, 0.29) is 23.2 Å². The van der Waals surface area contributed by atoms with E-state index in [4.69, 9.17) is 15.3 Å². The Morgan fingerprint density at radius 1 is 1.16 bits per heavy atom. The van der Waals surface area contributed by atoms with Gasteiger partial charge in [0.05, 0.1) is 7.11 Å². The molecule has 1 heterocycles. The van der Waals surface area contributed by atoms with Gasteiger partial charge in [0.25, 0.3) is 5.88 Å². The molecule has 0 bridgehead atoms. The summed E-state index contributed by atoms with van der Waals surface area (Å²) in [6.45, 7) is 0. The number of halogens is 2. The molecule has 0 atom stereocenters. The molecule has 2 rings (SSSR count). The molecule has 8 heteroatoms. The minimum Gasteiger partial charge on any atom is -0.489 e. The number of hydrogen-bond acceptors (Lipinski definition) is 6. The number of methoxy groups -OCH3 is 1. The molecule has 0 aliphatic carbocycles. The van der Waals surface area contributed by atoms with Gasteiger partial charge in [-0.1, -0.05) is 0 Å². The summed E-state index contributed by atoms with van der Waals surface area (Å²) in [4.78, 5) is 7.62. The number of nitrogens with one attached hydrogen (secondary N) is 1. The molecule has 0 unspecified atom stereocenters. The van der Waals surface area contributed by atoms with Gasteiger partial charge < -0.3 is 14.9 Å². The average molecular weight is 268 g/mol.